The summed E-state index contributed by atoms with van der Waals surface area (Å²) in [4.78, 5) is 18.1. The van der Waals surface area contributed by atoms with E-state index in [1.807, 2.05) is 32.0 Å². The molecule has 0 saturated heterocycles. The predicted octanol–water partition coefficient (Wildman–Crippen LogP) is 3.61. The number of fused-ring (bicyclic) bond motifs is 1. The van der Waals surface area contributed by atoms with E-state index in [9.17, 15) is 9.90 Å². The van der Waals surface area contributed by atoms with Gasteiger partial charge in [0, 0.05) is 17.6 Å². The Labute approximate surface area is 172 Å². The van der Waals surface area contributed by atoms with Crippen molar-refractivity contribution in [1.29, 1.82) is 0 Å². The monoisotopic (exact) mass is 410 g/mol. The topological polar surface area (TPSA) is 101 Å². The van der Waals surface area contributed by atoms with Gasteiger partial charge >= 0.3 is 0 Å². The number of carbonyl (C=O) groups is 1. The number of pyridine rings is 1. The highest BCUT2D eigenvalue weighted by Crippen LogP contribution is 2.33. The molecule has 0 fully saturated rings. The summed E-state index contributed by atoms with van der Waals surface area (Å²) in [6.45, 7) is 4.14. The first-order chi connectivity index (χ1) is 13.9. The summed E-state index contributed by atoms with van der Waals surface area (Å²) in [5, 5.41) is 21.4. The van der Waals surface area contributed by atoms with Crippen LogP contribution in [0.2, 0.25) is 0 Å². The average Bonchev–Trinajstić information content (AvgIpc) is 3.35. The summed E-state index contributed by atoms with van der Waals surface area (Å²) in [6, 6.07) is 9.09. The van der Waals surface area contributed by atoms with Crippen LogP contribution >= 0.6 is 11.8 Å². The molecule has 0 bridgehead atoms. The van der Waals surface area contributed by atoms with E-state index in [1.54, 1.807) is 18.3 Å². The van der Waals surface area contributed by atoms with Gasteiger partial charge in [-0.2, -0.15) is 0 Å². The molecule has 4 rings (SSSR count). The zero-order chi connectivity index (χ0) is 20.4. The molecule has 1 aliphatic rings. The van der Waals surface area contributed by atoms with Gasteiger partial charge in [-0.05, 0) is 73.3 Å². The fraction of sp³-hybridized carbons (Fsp3) is 0.333. The predicted molar refractivity (Wildman–Crippen MR) is 110 cm³/mol. The van der Waals surface area contributed by atoms with E-state index >= 15 is 0 Å². The summed E-state index contributed by atoms with van der Waals surface area (Å²) >= 11 is 1.39. The zero-order valence-corrected chi connectivity index (χ0v) is 17.1. The number of carbonyl (C=O) groups excluding carboxylic acids is 1. The van der Waals surface area contributed by atoms with Crippen LogP contribution in [0.3, 0.4) is 0 Å². The summed E-state index contributed by atoms with van der Waals surface area (Å²) in [6.07, 6.45) is 5.41. The first-order valence-corrected chi connectivity index (χ1v) is 10.3. The lowest BCUT2D eigenvalue weighted by Crippen LogP contribution is -2.30. The summed E-state index contributed by atoms with van der Waals surface area (Å²) in [5.74, 6) is 0.0252. The Balaban J connectivity index is 1.43. The molecule has 0 radical (unpaired) electrons. The number of allylic oxidation sites excluding steroid dienone is 1. The number of hydrogen-bond donors (Lipinski definition) is 2. The summed E-state index contributed by atoms with van der Waals surface area (Å²) in [5.41, 5.74) is 2.30. The van der Waals surface area contributed by atoms with E-state index in [4.69, 9.17) is 4.63 Å². The number of hydrogen-bond acceptors (Lipinski definition) is 7. The van der Waals surface area contributed by atoms with Crippen LogP contribution in [0.5, 0.6) is 0 Å². The smallest absolute Gasteiger partial charge is 0.254 e. The zero-order valence-electron chi connectivity index (χ0n) is 16.3. The van der Waals surface area contributed by atoms with Crippen LogP contribution in [0.25, 0.3) is 11.0 Å². The first-order valence-electron chi connectivity index (χ1n) is 9.44. The quantitative estimate of drug-likeness (QED) is 0.599. The van der Waals surface area contributed by atoms with Gasteiger partial charge in [-0.15, -0.1) is 0 Å². The van der Waals surface area contributed by atoms with Gasteiger partial charge in [0.25, 0.3) is 5.91 Å². The fourth-order valence-corrected chi connectivity index (χ4v) is 4.26. The Morgan fingerprint density at radius 1 is 1.31 bits per heavy atom. The van der Waals surface area contributed by atoms with Crippen molar-refractivity contribution >= 4 is 28.7 Å². The normalized spacial score (nSPS) is 16.8. The van der Waals surface area contributed by atoms with Crippen molar-refractivity contribution in [3.05, 3.63) is 53.7 Å². The lowest BCUT2D eigenvalue weighted by Gasteiger charge is -2.25. The maximum absolute atomic E-state index is 12.8. The van der Waals surface area contributed by atoms with Crippen molar-refractivity contribution in [2.24, 2.45) is 5.92 Å². The lowest BCUT2D eigenvalue weighted by atomic mass is 9.88. The van der Waals surface area contributed by atoms with Crippen molar-refractivity contribution in [3.8, 4) is 0 Å². The van der Waals surface area contributed by atoms with Crippen molar-refractivity contribution < 1.29 is 14.5 Å². The number of nitrogens with zero attached hydrogens (tertiary/aromatic N) is 3. The molecule has 29 heavy (non-hydrogen) atoms. The number of benzene rings is 1. The minimum Gasteiger partial charge on any atom is -0.390 e. The van der Waals surface area contributed by atoms with Crippen LogP contribution in [0.4, 0.5) is 0 Å². The van der Waals surface area contributed by atoms with Crippen LogP contribution in [0, 0.1) is 5.92 Å². The van der Waals surface area contributed by atoms with Crippen molar-refractivity contribution in [2.75, 3.05) is 6.54 Å². The highest BCUT2D eigenvalue weighted by molar-refractivity contribution is 7.99. The van der Waals surface area contributed by atoms with Crippen molar-refractivity contribution in [2.45, 2.75) is 42.2 Å². The molecule has 1 aliphatic carbocycles. The first kappa shape index (κ1) is 19.6. The summed E-state index contributed by atoms with van der Waals surface area (Å²) in [7, 11) is 0. The Kier molecular flexibility index (Phi) is 5.38. The molecule has 0 spiro atoms. The second-order valence-corrected chi connectivity index (χ2v) is 8.77. The van der Waals surface area contributed by atoms with Gasteiger partial charge < -0.3 is 10.4 Å². The molecule has 1 atom stereocenters. The highest BCUT2D eigenvalue weighted by atomic mass is 32.2. The van der Waals surface area contributed by atoms with Crippen LogP contribution in [0.1, 0.15) is 37.0 Å². The molecule has 1 aromatic carbocycles. The van der Waals surface area contributed by atoms with E-state index in [2.05, 4.69) is 26.7 Å². The standard InChI is InChI=1S/C21H22N4O3S/c1-21(2,27)14-6-5-13(10-14)12-23-19(26)16-4-3-9-22-20(16)29-15-7-8-17-18(11-15)25-28-24-17/h3-5,7-9,11,14,27H,6,10,12H2,1-2H3,(H,23,26). The van der Waals surface area contributed by atoms with Gasteiger partial charge in [0.2, 0.25) is 0 Å². The third kappa shape index (κ3) is 4.49. The third-order valence-electron chi connectivity index (χ3n) is 5.13. The van der Waals surface area contributed by atoms with Crippen LogP contribution in [-0.2, 0) is 0 Å². The Morgan fingerprint density at radius 3 is 2.93 bits per heavy atom. The molecule has 8 heteroatoms. The third-order valence-corrected chi connectivity index (χ3v) is 6.14. The number of rotatable bonds is 6. The molecular formula is C21H22N4O3S. The fourth-order valence-electron chi connectivity index (χ4n) is 3.35. The van der Waals surface area contributed by atoms with E-state index in [-0.39, 0.29) is 11.8 Å². The van der Waals surface area contributed by atoms with Crippen LogP contribution in [0.15, 0.2) is 62.7 Å². The van der Waals surface area contributed by atoms with Gasteiger partial charge in [0.1, 0.15) is 16.1 Å². The molecule has 0 aliphatic heterocycles. The molecule has 0 saturated carbocycles. The van der Waals surface area contributed by atoms with Crippen LogP contribution in [-0.4, -0.2) is 38.5 Å². The van der Waals surface area contributed by atoms with E-state index in [1.165, 1.54) is 11.8 Å². The number of aromatic nitrogens is 3. The number of aliphatic hydroxyl groups is 1. The maximum atomic E-state index is 12.8. The minimum atomic E-state index is -0.712. The molecular weight excluding hydrogens is 388 g/mol. The minimum absolute atomic E-state index is 0.169. The molecule has 2 aromatic heterocycles. The van der Waals surface area contributed by atoms with Gasteiger partial charge in [0.05, 0.1) is 11.2 Å². The molecule has 3 aromatic rings. The van der Waals surface area contributed by atoms with Gasteiger partial charge in [-0.1, -0.05) is 23.4 Å². The van der Waals surface area contributed by atoms with E-state index in [0.717, 1.165) is 23.3 Å². The van der Waals surface area contributed by atoms with Crippen molar-refractivity contribution in [3.63, 3.8) is 0 Å². The largest absolute Gasteiger partial charge is 0.390 e. The summed E-state index contributed by atoms with van der Waals surface area (Å²) < 4.78 is 4.73. The molecule has 1 amide bonds. The number of amides is 1. The lowest BCUT2D eigenvalue weighted by molar-refractivity contribution is 0.0218. The molecule has 150 valence electrons. The Hall–Kier alpha value is -2.71. The molecule has 2 heterocycles. The Morgan fingerprint density at radius 2 is 2.14 bits per heavy atom. The second-order valence-electron chi connectivity index (χ2n) is 7.71. The molecule has 2 N–H and O–H groups in total. The van der Waals surface area contributed by atoms with Gasteiger partial charge in [-0.3, -0.25) is 4.79 Å². The average molecular weight is 410 g/mol. The Bertz CT molecular complexity index is 1070. The molecule has 7 nitrogen and oxygen atoms in total. The SMILES string of the molecule is CC(C)(O)C1CC=C(CNC(=O)c2cccnc2Sc2ccc3nonc3c2)C1. The van der Waals surface area contributed by atoms with Crippen LogP contribution < -0.4 is 5.32 Å². The second kappa shape index (κ2) is 7.96. The van der Waals surface area contributed by atoms with Gasteiger partial charge in [0.15, 0.2) is 0 Å². The molecule has 1 unspecified atom stereocenters. The maximum Gasteiger partial charge on any atom is 0.254 e. The van der Waals surface area contributed by atoms with E-state index in [0.29, 0.717) is 28.2 Å². The van der Waals surface area contributed by atoms with E-state index < -0.39 is 5.60 Å². The number of nitrogens with one attached hydrogen (secondary N) is 1. The van der Waals surface area contributed by atoms with Crippen molar-refractivity contribution in [1.82, 2.24) is 20.6 Å². The van der Waals surface area contributed by atoms with Gasteiger partial charge in [-0.25, -0.2) is 9.61 Å². The highest BCUT2D eigenvalue weighted by Gasteiger charge is 2.30.